The van der Waals surface area contributed by atoms with E-state index in [1.165, 1.54) is 28.6 Å². The zero-order chi connectivity index (χ0) is 24.1. The van der Waals surface area contributed by atoms with Crippen LogP contribution in [0.5, 0.6) is 5.75 Å². The Bertz CT molecular complexity index is 1240. The van der Waals surface area contributed by atoms with Crippen molar-refractivity contribution in [1.29, 1.82) is 0 Å². The summed E-state index contributed by atoms with van der Waals surface area (Å²) < 4.78 is 34.2. The van der Waals surface area contributed by atoms with Crippen molar-refractivity contribution in [2.45, 2.75) is 17.9 Å². The highest BCUT2D eigenvalue weighted by Crippen LogP contribution is 2.22. The molecule has 0 N–H and O–H groups in total. The zero-order valence-corrected chi connectivity index (χ0v) is 19.6. The van der Waals surface area contributed by atoms with Crippen LogP contribution in [-0.2, 0) is 16.6 Å². The minimum Gasteiger partial charge on any atom is -0.497 e. The van der Waals surface area contributed by atoms with Crippen molar-refractivity contribution >= 4 is 15.7 Å². The summed E-state index contributed by atoms with van der Waals surface area (Å²) in [5.41, 5.74) is 1.59. The molecule has 0 spiro atoms. The topological polar surface area (TPSA) is 124 Å². The van der Waals surface area contributed by atoms with Crippen LogP contribution in [0.25, 0.3) is 11.3 Å². The number of ether oxygens (including phenoxy) is 1. The van der Waals surface area contributed by atoms with Gasteiger partial charge < -0.3 is 9.64 Å². The van der Waals surface area contributed by atoms with Crippen molar-refractivity contribution in [3.05, 3.63) is 64.8 Å². The van der Waals surface area contributed by atoms with Gasteiger partial charge in [0.05, 0.1) is 23.1 Å². The Hall–Kier alpha value is -3.35. The second kappa shape index (κ2) is 10.3. The number of hydrogen-bond acceptors (Lipinski definition) is 8. The number of rotatable bonds is 9. The Morgan fingerprint density at radius 3 is 2.47 bits per heavy atom. The molecule has 0 aliphatic carbocycles. The third-order valence-electron chi connectivity index (χ3n) is 5.78. The van der Waals surface area contributed by atoms with E-state index in [0.717, 1.165) is 30.0 Å². The normalized spacial score (nSPS) is 15.3. The second-order valence-corrected chi connectivity index (χ2v) is 9.89. The number of piperazine rings is 1. The van der Waals surface area contributed by atoms with Gasteiger partial charge in [-0.15, -0.1) is 5.10 Å². The lowest BCUT2D eigenvalue weighted by Gasteiger charge is -2.33. The number of non-ortho nitro benzene ring substituents is 1. The molecule has 0 saturated carbocycles. The van der Waals surface area contributed by atoms with Gasteiger partial charge in [-0.1, -0.05) is 17.3 Å². The first kappa shape index (κ1) is 23.8. The molecule has 0 radical (unpaired) electrons. The van der Waals surface area contributed by atoms with E-state index in [4.69, 9.17) is 4.74 Å². The Morgan fingerprint density at radius 2 is 1.79 bits per heavy atom. The van der Waals surface area contributed by atoms with Gasteiger partial charge >= 0.3 is 0 Å². The lowest BCUT2D eigenvalue weighted by molar-refractivity contribution is -0.384. The highest BCUT2D eigenvalue weighted by atomic mass is 32.2. The van der Waals surface area contributed by atoms with Crippen LogP contribution in [0.3, 0.4) is 0 Å². The lowest BCUT2D eigenvalue weighted by Crippen LogP contribution is -2.48. The molecular weight excluding hydrogens is 460 g/mol. The number of nitro benzene ring substituents is 1. The molecule has 12 heteroatoms. The molecule has 1 saturated heterocycles. The molecule has 2 heterocycles. The third-order valence-corrected chi connectivity index (χ3v) is 7.70. The third kappa shape index (κ3) is 5.41. The lowest BCUT2D eigenvalue weighted by atomic mass is 10.1. The van der Waals surface area contributed by atoms with Crippen LogP contribution in [0.4, 0.5) is 5.69 Å². The van der Waals surface area contributed by atoms with Crippen LogP contribution < -0.4 is 4.74 Å². The van der Waals surface area contributed by atoms with Gasteiger partial charge in [-0.25, -0.2) is 8.42 Å². The predicted octanol–water partition coefficient (Wildman–Crippen LogP) is 2.26. The molecule has 1 aliphatic heterocycles. The number of methoxy groups -OCH3 is 1. The van der Waals surface area contributed by atoms with E-state index in [9.17, 15) is 18.5 Å². The minimum atomic E-state index is -3.67. The van der Waals surface area contributed by atoms with Crippen LogP contribution >= 0.6 is 0 Å². The monoisotopic (exact) mass is 486 g/mol. The molecule has 1 aliphatic rings. The minimum absolute atomic E-state index is 0.0737. The van der Waals surface area contributed by atoms with E-state index in [1.807, 2.05) is 35.1 Å². The first-order valence-electron chi connectivity index (χ1n) is 10.9. The molecule has 4 rings (SSSR count). The predicted molar refractivity (Wildman–Crippen MR) is 125 cm³/mol. The van der Waals surface area contributed by atoms with Gasteiger partial charge in [-0.2, -0.15) is 4.31 Å². The molecule has 1 fully saturated rings. The van der Waals surface area contributed by atoms with E-state index in [1.54, 1.807) is 7.11 Å². The number of nitro groups is 1. The number of sulfonamides is 1. The standard InChI is InChI=1S/C22H26N6O5S/c1-33-20-5-2-4-18(16-20)22-17-26(24-23-22)11-3-10-25-12-14-27(15-13-25)34(31,32)21-8-6-19(7-9-21)28(29)30/h2,4-9,16-17H,3,10-15H2,1H3. The first-order chi connectivity index (χ1) is 16.4. The highest BCUT2D eigenvalue weighted by molar-refractivity contribution is 7.89. The number of aromatic nitrogens is 3. The zero-order valence-electron chi connectivity index (χ0n) is 18.8. The van der Waals surface area contributed by atoms with Crippen LogP contribution in [0.15, 0.2) is 59.6 Å². The maximum atomic E-state index is 12.8. The Kier molecular flexibility index (Phi) is 7.20. The van der Waals surface area contributed by atoms with Gasteiger partial charge in [0.2, 0.25) is 10.0 Å². The van der Waals surface area contributed by atoms with E-state index < -0.39 is 14.9 Å². The fraction of sp³-hybridized carbons (Fsp3) is 0.364. The van der Waals surface area contributed by atoms with Gasteiger partial charge in [-0.05, 0) is 30.7 Å². The fourth-order valence-electron chi connectivity index (χ4n) is 3.86. The van der Waals surface area contributed by atoms with Gasteiger partial charge in [-0.3, -0.25) is 14.8 Å². The number of nitrogens with zero attached hydrogens (tertiary/aromatic N) is 6. The Morgan fingerprint density at radius 1 is 1.06 bits per heavy atom. The highest BCUT2D eigenvalue weighted by Gasteiger charge is 2.28. The summed E-state index contributed by atoms with van der Waals surface area (Å²) >= 11 is 0. The van der Waals surface area contributed by atoms with Crippen molar-refractivity contribution in [1.82, 2.24) is 24.2 Å². The summed E-state index contributed by atoms with van der Waals surface area (Å²) in [6.45, 7) is 3.53. The molecular formula is C22H26N6O5S. The van der Waals surface area contributed by atoms with E-state index >= 15 is 0 Å². The van der Waals surface area contributed by atoms with Crippen LogP contribution in [-0.4, -0.2) is 77.4 Å². The molecule has 1 aromatic heterocycles. The summed E-state index contributed by atoms with van der Waals surface area (Å²) in [7, 11) is -2.04. The molecule has 3 aromatic rings. The molecule has 0 bridgehead atoms. The van der Waals surface area contributed by atoms with Crippen LogP contribution in [0.1, 0.15) is 6.42 Å². The van der Waals surface area contributed by atoms with Crippen molar-refractivity contribution in [2.24, 2.45) is 0 Å². The van der Waals surface area contributed by atoms with Crippen molar-refractivity contribution in [3.63, 3.8) is 0 Å². The van der Waals surface area contributed by atoms with Gasteiger partial charge in [0.25, 0.3) is 5.69 Å². The Balaban J connectivity index is 1.25. The van der Waals surface area contributed by atoms with E-state index in [-0.39, 0.29) is 10.6 Å². The van der Waals surface area contributed by atoms with Crippen molar-refractivity contribution in [2.75, 3.05) is 39.8 Å². The first-order valence-corrected chi connectivity index (χ1v) is 12.3. The van der Waals surface area contributed by atoms with Gasteiger partial charge in [0, 0.05) is 57.0 Å². The largest absolute Gasteiger partial charge is 0.497 e. The maximum Gasteiger partial charge on any atom is 0.269 e. The molecule has 0 amide bonds. The van der Waals surface area contributed by atoms with Crippen molar-refractivity contribution < 1.29 is 18.1 Å². The average molecular weight is 487 g/mol. The molecule has 34 heavy (non-hydrogen) atoms. The number of aryl methyl sites for hydroxylation is 1. The fourth-order valence-corrected chi connectivity index (χ4v) is 5.28. The number of benzene rings is 2. The van der Waals surface area contributed by atoms with Crippen molar-refractivity contribution in [3.8, 4) is 17.0 Å². The Labute approximate surface area is 197 Å². The molecule has 0 unspecified atom stereocenters. The summed E-state index contributed by atoms with van der Waals surface area (Å²) in [6.07, 6.45) is 2.76. The van der Waals surface area contributed by atoms with E-state index in [2.05, 4.69) is 15.2 Å². The quantitative estimate of drug-likeness (QED) is 0.333. The summed E-state index contributed by atoms with van der Waals surface area (Å²) in [5, 5.41) is 19.2. The summed E-state index contributed by atoms with van der Waals surface area (Å²) in [6, 6.07) is 12.7. The average Bonchev–Trinajstić information content (AvgIpc) is 3.33. The second-order valence-electron chi connectivity index (χ2n) is 7.95. The van der Waals surface area contributed by atoms with E-state index in [0.29, 0.717) is 32.7 Å². The molecule has 2 aromatic carbocycles. The van der Waals surface area contributed by atoms with Gasteiger partial charge in [0.15, 0.2) is 0 Å². The molecule has 180 valence electrons. The molecule has 11 nitrogen and oxygen atoms in total. The van der Waals surface area contributed by atoms with Gasteiger partial charge in [0.1, 0.15) is 11.4 Å². The van der Waals surface area contributed by atoms with Crippen LogP contribution in [0, 0.1) is 10.1 Å². The smallest absolute Gasteiger partial charge is 0.269 e. The maximum absolute atomic E-state index is 12.8. The molecule has 0 atom stereocenters. The summed E-state index contributed by atoms with van der Waals surface area (Å²) in [4.78, 5) is 12.5. The summed E-state index contributed by atoms with van der Waals surface area (Å²) in [5.74, 6) is 0.766. The SMILES string of the molecule is COc1cccc(-c2cn(CCCN3CCN(S(=O)(=O)c4ccc([N+](=O)[O-])cc4)CC3)nn2)c1. The number of hydrogen-bond donors (Lipinski definition) is 0. The van der Waals surface area contributed by atoms with Crippen LogP contribution in [0.2, 0.25) is 0 Å².